The molecule has 1 amide bonds. The molecule has 4 rings (SSSR count). The molecule has 0 N–H and O–H groups in total. The Morgan fingerprint density at radius 3 is 2.79 bits per heavy atom. The summed E-state index contributed by atoms with van der Waals surface area (Å²) in [4.78, 5) is 31.7. The lowest BCUT2D eigenvalue weighted by atomic mass is 9.95. The fourth-order valence-corrected chi connectivity index (χ4v) is 4.15. The molecule has 1 aromatic heterocycles. The van der Waals surface area contributed by atoms with Crippen LogP contribution in [0.15, 0.2) is 29.3 Å². The molecule has 7 heteroatoms. The van der Waals surface area contributed by atoms with E-state index in [2.05, 4.69) is 4.98 Å². The normalized spacial score (nSPS) is 21.0. The highest BCUT2D eigenvalue weighted by Crippen LogP contribution is 2.22. The summed E-state index contributed by atoms with van der Waals surface area (Å²) in [5.74, 6) is 1.19. The number of amides is 1. The van der Waals surface area contributed by atoms with Gasteiger partial charge in [0.25, 0.3) is 11.5 Å². The Labute approximate surface area is 164 Å². The van der Waals surface area contributed by atoms with E-state index in [1.807, 2.05) is 4.90 Å². The first kappa shape index (κ1) is 18.9. The van der Waals surface area contributed by atoms with Gasteiger partial charge in [0.1, 0.15) is 11.9 Å². The molecular formula is C21H27N3O4. The number of carbonyl (C=O) groups excluding carboxylic acids is 1. The van der Waals surface area contributed by atoms with E-state index >= 15 is 0 Å². The maximum atomic E-state index is 12.8. The maximum absolute atomic E-state index is 12.8. The van der Waals surface area contributed by atoms with Crippen LogP contribution in [-0.2, 0) is 16.1 Å². The number of ether oxygens (including phenoxy) is 2. The van der Waals surface area contributed by atoms with Crippen molar-refractivity contribution < 1.29 is 14.3 Å². The summed E-state index contributed by atoms with van der Waals surface area (Å²) in [6.45, 7) is 2.79. The summed E-state index contributed by atoms with van der Waals surface area (Å²) in [6.07, 6.45) is 6.11. The molecular weight excluding hydrogens is 358 g/mol. The first-order chi connectivity index (χ1) is 13.7. The van der Waals surface area contributed by atoms with E-state index in [1.165, 1.54) is 0 Å². The van der Waals surface area contributed by atoms with Gasteiger partial charge in [0.2, 0.25) is 0 Å². The van der Waals surface area contributed by atoms with Crippen LogP contribution in [0.2, 0.25) is 0 Å². The van der Waals surface area contributed by atoms with Crippen molar-refractivity contribution in [3.63, 3.8) is 0 Å². The van der Waals surface area contributed by atoms with Gasteiger partial charge in [-0.2, -0.15) is 0 Å². The van der Waals surface area contributed by atoms with Crippen LogP contribution < -0.4 is 10.3 Å². The fraction of sp³-hybridized carbons (Fsp3) is 0.571. The number of hydrogen-bond donors (Lipinski definition) is 0. The van der Waals surface area contributed by atoms with E-state index < -0.39 is 0 Å². The van der Waals surface area contributed by atoms with Crippen molar-refractivity contribution in [1.29, 1.82) is 0 Å². The molecule has 1 aromatic carbocycles. The highest BCUT2D eigenvalue weighted by atomic mass is 16.5. The third-order valence-corrected chi connectivity index (χ3v) is 5.87. The van der Waals surface area contributed by atoms with Crippen LogP contribution >= 0.6 is 0 Å². The lowest BCUT2D eigenvalue weighted by Crippen LogP contribution is -2.46. The molecule has 0 bridgehead atoms. The SMILES string of the molecule is COc1ccc2c(=O)n(CC3CCN(C(=O)C4CCCCO4)CC3)cnc2c1. The van der Waals surface area contributed by atoms with Crippen LogP contribution in [0.4, 0.5) is 0 Å². The molecule has 2 fully saturated rings. The molecule has 2 aliphatic heterocycles. The minimum Gasteiger partial charge on any atom is -0.497 e. The minimum absolute atomic E-state index is 0.0261. The Morgan fingerprint density at radius 1 is 1.25 bits per heavy atom. The number of piperidine rings is 1. The van der Waals surface area contributed by atoms with E-state index in [0.717, 1.165) is 45.2 Å². The van der Waals surface area contributed by atoms with Gasteiger partial charge in [-0.15, -0.1) is 0 Å². The van der Waals surface area contributed by atoms with Crippen molar-refractivity contribution in [3.05, 3.63) is 34.9 Å². The van der Waals surface area contributed by atoms with Crippen molar-refractivity contribution in [2.75, 3.05) is 26.8 Å². The third kappa shape index (κ3) is 3.90. The summed E-state index contributed by atoms with van der Waals surface area (Å²) in [7, 11) is 1.60. The van der Waals surface area contributed by atoms with Crippen molar-refractivity contribution in [2.24, 2.45) is 5.92 Å². The molecule has 0 saturated carbocycles. The summed E-state index contributed by atoms with van der Waals surface area (Å²) < 4.78 is 12.5. The molecule has 1 atom stereocenters. The highest BCUT2D eigenvalue weighted by molar-refractivity contribution is 5.81. The Hall–Kier alpha value is -2.41. The van der Waals surface area contributed by atoms with Gasteiger partial charge in [0.05, 0.1) is 24.3 Å². The Kier molecular flexibility index (Phi) is 5.62. The first-order valence-electron chi connectivity index (χ1n) is 10.1. The quantitative estimate of drug-likeness (QED) is 0.807. The van der Waals surface area contributed by atoms with Gasteiger partial charge in [-0.3, -0.25) is 14.2 Å². The molecule has 0 aliphatic carbocycles. The molecule has 0 radical (unpaired) electrons. The number of carbonyl (C=O) groups is 1. The van der Waals surface area contributed by atoms with Gasteiger partial charge in [-0.25, -0.2) is 4.98 Å². The van der Waals surface area contributed by atoms with Crippen LogP contribution in [0, 0.1) is 5.92 Å². The second kappa shape index (κ2) is 8.31. The topological polar surface area (TPSA) is 73.7 Å². The van der Waals surface area contributed by atoms with E-state index in [-0.39, 0.29) is 17.6 Å². The molecule has 2 aliphatic rings. The molecule has 1 unspecified atom stereocenters. The average Bonchev–Trinajstić information content (AvgIpc) is 2.76. The van der Waals surface area contributed by atoms with Gasteiger partial charge in [0.15, 0.2) is 0 Å². The number of rotatable bonds is 4. The van der Waals surface area contributed by atoms with Gasteiger partial charge >= 0.3 is 0 Å². The largest absolute Gasteiger partial charge is 0.497 e. The van der Waals surface area contributed by atoms with Crippen molar-refractivity contribution in [3.8, 4) is 5.75 Å². The van der Waals surface area contributed by atoms with Crippen LogP contribution in [-0.4, -0.2) is 53.3 Å². The monoisotopic (exact) mass is 385 g/mol. The van der Waals surface area contributed by atoms with E-state index in [4.69, 9.17) is 9.47 Å². The second-order valence-electron chi connectivity index (χ2n) is 7.71. The van der Waals surface area contributed by atoms with E-state index in [0.29, 0.717) is 35.7 Å². The Balaban J connectivity index is 1.39. The number of hydrogen-bond acceptors (Lipinski definition) is 5. The molecule has 150 valence electrons. The van der Waals surface area contributed by atoms with Gasteiger partial charge in [-0.1, -0.05) is 0 Å². The molecule has 2 aromatic rings. The second-order valence-corrected chi connectivity index (χ2v) is 7.71. The zero-order valence-electron chi connectivity index (χ0n) is 16.3. The van der Waals surface area contributed by atoms with Crippen LogP contribution in [0.25, 0.3) is 10.9 Å². The average molecular weight is 385 g/mol. The molecule has 2 saturated heterocycles. The van der Waals surface area contributed by atoms with Gasteiger partial charge < -0.3 is 14.4 Å². The number of aromatic nitrogens is 2. The summed E-state index contributed by atoms with van der Waals surface area (Å²) in [6, 6.07) is 5.33. The number of likely N-dealkylation sites (tertiary alicyclic amines) is 1. The lowest BCUT2D eigenvalue weighted by molar-refractivity contribution is -0.148. The summed E-state index contributed by atoms with van der Waals surface area (Å²) >= 11 is 0. The number of methoxy groups -OCH3 is 1. The summed E-state index contributed by atoms with van der Waals surface area (Å²) in [5, 5.41) is 0.602. The number of nitrogens with zero attached hydrogens (tertiary/aromatic N) is 3. The first-order valence-corrected chi connectivity index (χ1v) is 10.1. The van der Waals surface area contributed by atoms with E-state index in [1.54, 1.807) is 36.2 Å². The standard InChI is InChI=1S/C21H27N3O4/c1-27-16-5-6-17-18(12-16)22-14-24(20(17)25)13-15-7-9-23(10-8-15)21(26)19-4-2-3-11-28-19/h5-6,12,14-15,19H,2-4,7-11,13H2,1H3. The lowest BCUT2D eigenvalue weighted by Gasteiger charge is -2.35. The fourth-order valence-electron chi connectivity index (χ4n) is 4.15. The van der Waals surface area contributed by atoms with E-state index in [9.17, 15) is 9.59 Å². The van der Waals surface area contributed by atoms with Crippen LogP contribution in [0.5, 0.6) is 5.75 Å². The predicted molar refractivity (Wildman–Crippen MR) is 105 cm³/mol. The zero-order valence-corrected chi connectivity index (χ0v) is 16.3. The highest BCUT2D eigenvalue weighted by Gasteiger charge is 2.30. The Bertz CT molecular complexity index is 896. The van der Waals surface area contributed by atoms with Crippen LogP contribution in [0.1, 0.15) is 32.1 Å². The van der Waals surface area contributed by atoms with Crippen molar-refractivity contribution >= 4 is 16.8 Å². The summed E-state index contributed by atoms with van der Waals surface area (Å²) in [5.41, 5.74) is 0.621. The van der Waals surface area contributed by atoms with Crippen molar-refractivity contribution in [1.82, 2.24) is 14.5 Å². The Morgan fingerprint density at radius 2 is 2.07 bits per heavy atom. The molecule has 0 spiro atoms. The van der Waals surface area contributed by atoms with Crippen LogP contribution in [0.3, 0.4) is 0 Å². The third-order valence-electron chi connectivity index (χ3n) is 5.87. The number of fused-ring (bicyclic) bond motifs is 1. The molecule has 3 heterocycles. The number of benzene rings is 1. The minimum atomic E-state index is -0.255. The van der Waals surface area contributed by atoms with Crippen molar-refractivity contribution in [2.45, 2.75) is 44.8 Å². The molecule has 28 heavy (non-hydrogen) atoms. The smallest absolute Gasteiger partial charge is 0.261 e. The van der Waals surface area contributed by atoms with Gasteiger partial charge in [0, 0.05) is 32.3 Å². The molecule has 7 nitrogen and oxygen atoms in total. The predicted octanol–water partition coefficient (Wildman–Crippen LogP) is 2.21. The van der Waals surface area contributed by atoms with Gasteiger partial charge in [-0.05, 0) is 50.2 Å². The zero-order chi connectivity index (χ0) is 19.5. The maximum Gasteiger partial charge on any atom is 0.261 e.